The number of hydrogen-bond donors (Lipinski definition) is 1. The number of sulfone groups is 1. The largest absolute Gasteiger partial charge is 0.469 e. The molecule has 0 aromatic carbocycles. The van der Waals surface area contributed by atoms with Crippen molar-refractivity contribution in [1.29, 1.82) is 0 Å². The first-order chi connectivity index (χ1) is 7.03. The van der Waals surface area contributed by atoms with Crippen LogP contribution in [-0.2, 0) is 19.4 Å². The number of hydrogen-bond acceptors (Lipinski definition) is 5. The third-order valence-corrected chi connectivity index (χ3v) is 4.20. The molecule has 1 saturated heterocycles. The Hall–Kier alpha value is -0.620. The van der Waals surface area contributed by atoms with Gasteiger partial charge in [-0.2, -0.15) is 0 Å². The molecular weight excluding hydrogens is 218 g/mol. The highest BCUT2D eigenvalue weighted by atomic mass is 32.2. The van der Waals surface area contributed by atoms with Gasteiger partial charge in [-0.1, -0.05) is 0 Å². The van der Waals surface area contributed by atoms with Crippen LogP contribution in [0.1, 0.15) is 19.3 Å². The molecular formula is C9H17NO4S. The number of carbonyl (C=O) groups is 1. The average molecular weight is 235 g/mol. The Kier molecular flexibility index (Phi) is 4.53. The Bertz CT molecular complexity index is 306. The highest BCUT2D eigenvalue weighted by Gasteiger charge is 2.22. The van der Waals surface area contributed by atoms with E-state index in [1.165, 1.54) is 7.11 Å². The van der Waals surface area contributed by atoms with E-state index in [1.54, 1.807) is 0 Å². The van der Waals surface area contributed by atoms with Gasteiger partial charge in [-0.3, -0.25) is 4.79 Å². The van der Waals surface area contributed by atoms with Gasteiger partial charge in [-0.15, -0.1) is 0 Å². The van der Waals surface area contributed by atoms with E-state index in [1.807, 2.05) is 0 Å². The third kappa shape index (κ3) is 4.61. The van der Waals surface area contributed by atoms with Crippen molar-refractivity contribution in [2.75, 3.05) is 25.2 Å². The van der Waals surface area contributed by atoms with E-state index in [-0.39, 0.29) is 24.0 Å². The van der Waals surface area contributed by atoms with Crippen molar-refractivity contribution in [1.82, 2.24) is 5.32 Å². The zero-order valence-electron chi connectivity index (χ0n) is 8.86. The smallest absolute Gasteiger partial charge is 0.306 e. The van der Waals surface area contributed by atoms with Gasteiger partial charge in [0.1, 0.15) is 0 Å². The Morgan fingerprint density at radius 3 is 2.80 bits per heavy atom. The number of methoxy groups -OCH3 is 1. The maximum absolute atomic E-state index is 11.6. The molecule has 5 nitrogen and oxygen atoms in total. The van der Waals surface area contributed by atoms with E-state index in [9.17, 15) is 13.2 Å². The first kappa shape index (κ1) is 12.4. The highest BCUT2D eigenvalue weighted by Crippen LogP contribution is 2.08. The Morgan fingerprint density at radius 1 is 1.53 bits per heavy atom. The fourth-order valence-electron chi connectivity index (χ4n) is 1.63. The summed E-state index contributed by atoms with van der Waals surface area (Å²) in [4.78, 5) is 10.8. The molecule has 6 heteroatoms. The van der Waals surface area contributed by atoms with E-state index in [0.29, 0.717) is 0 Å². The van der Waals surface area contributed by atoms with Crippen LogP contribution in [0.5, 0.6) is 0 Å². The number of carbonyl (C=O) groups excluding carboxylic acids is 1. The first-order valence-electron chi connectivity index (χ1n) is 5.04. The zero-order chi connectivity index (χ0) is 11.3. The van der Waals surface area contributed by atoms with Crippen LogP contribution in [0.15, 0.2) is 0 Å². The number of esters is 1. The third-order valence-electron chi connectivity index (χ3n) is 2.46. The summed E-state index contributed by atoms with van der Waals surface area (Å²) in [7, 11) is -1.88. The molecule has 0 saturated carbocycles. The lowest BCUT2D eigenvalue weighted by Gasteiger charge is -2.10. The molecule has 0 aromatic rings. The van der Waals surface area contributed by atoms with Gasteiger partial charge in [-0.05, 0) is 19.4 Å². The van der Waals surface area contributed by atoms with Gasteiger partial charge in [0.15, 0.2) is 9.84 Å². The van der Waals surface area contributed by atoms with Crippen molar-refractivity contribution in [3.05, 3.63) is 0 Å². The average Bonchev–Trinajstić information content (AvgIpc) is 2.66. The minimum Gasteiger partial charge on any atom is -0.469 e. The van der Waals surface area contributed by atoms with Crippen LogP contribution >= 0.6 is 0 Å². The molecule has 88 valence electrons. The lowest BCUT2D eigenvalue weighted by Crippen LogP contribution is -2.31. The van der Waals surface area contributed by atoms with Gasteiger partial charge in [0.05, 0.1) is 25.0 Å². The predicted octanol–water partition coefficient (Wildman–Crippen LogP) is -0.284. The van der Waals surface area contributed by atoms with Crippen molar-refractivity contribution in [3.8, 4) is 0 Å². The molecule has 0 spiro atoms. The highest BCUT2D eigenvalue weighted by molar-refractivity contribution is 7.91. The molecule has 1 rings (SSSR count). The number of rotatable bonds is 5. The molecule has 0 bridgehead atoms. The van der Waals surface area contributed by atoms with Gasteiger partial charge >= 0.3 is 5.97 Å². The fraction of sp³-hybridized carbons (Fsp3) is 0.889. The van der Waals surface area contributed by atoms with Gasteiger partial charge < -0.3 is 10.1 Å². The lowest BCUT2D eigenvalue weighted by molar-refractivity contribution is -0.140. The van der Waals surface area contributed by atoms with Crippen LogP contribution in [0.25, 0.3) is 0 Å². The summed E-state index contributed by atoms with van der Waals surface area (Å²) in [5, 5.41) is 3.12. The molecule has 1 aliphatic rings. The van der Waals surface area contributed by atoms with Gasteiger partial charge in [-0.25, -0.2) is 8.42 Å². The maximum atomic E-state index is 11.6. The van der Waals surface area contributed by atoms with Crippen LogP contribution in [-0.4, -0.2) is 45.6 Å². The summed E-state index contributed by atoms with van der Waals surface area (Å²) in [6.07, 6.45) is 1.88. The monoisotopic (exact) mass is 235 g/mol. The minimum absolute atomic E-state index is 0.0500. The van der Waals surface area contributed by atoms with Gasteiger partial charge in [0.25, 0.3) is 0 Å². The Labute approximate surface area is 90.1 Å². The van der Waals surface area contributed by atoms with E-state index in [2.05, 4.69) is 10.1 Å². The molecule has 1 fully saturated rings. The second-order valence-electron chi connectivity index (χ2n) is 3.73. The van der Waals surface area contributed by atoms with Crippen LogP contribution < -0.4 is 5.32 Å². The summed E-state index contributed by atoms with van der Waals surface area (Å²) < 4.78 is 27.5. The number of nitrogens with one attached hydrogen (secondary N) is 1. The summed E-state index contributed by atoms with van der Waals surface area (Å²) in [5.74, 6) is -0.458. The molecule has 1 aliphatic heterocycles. The van der Waals surface area contributed by atoms with E-state index in [4.69, 9.17) is 0 Å². The zero-order valence-corrected chi connectivity index (χ0v) is 9.68. The molecule has 0 unspecified atom stereocenters. The molecule has 1 heterocycles. The standard InChI is InChI=1S/C9H17NO4S/c1-14-9(11)4-6-15(12,13)7-8-3-2-5-10-8/h8,10H,2-7H2,1H3/t8-/m1/s1. The minimum atomic E-state index is -3.13. The SMILES string of the molecule is COC(=O)CCS(=O)(=O)C[C@H]1CCCN1. The summed E-state index contributed by atoms with van der Waals surface area (Å²) in [6, 6.07) is 0.0626. The second kappa shape index (κ2) is 5.46. The predicted molar refractivity (Wildman–Crippen MR) is 56.3 cm³/mol. The van der Waals surface area contributed by atoms with Gasteiger partial charge in [0.2, 0.25) is 0 Å². The Balaban J connectivity index is 2.34. The topological polar surface area (TPSA) is 72.5 Å². The first-order valence-corrected chi connectivity index (χ1v) is 6.86. The van der Waals surface area contributed by atoms with Crippen molar-refractivity contribution in [2.45, 2.75) is 25.3 Å². The number of ether oxygens (including phenoxy) is 1. The molecule has 15 heavy (non-hydrogen) atoms. The molecule has 1 atom stereocenters. The molecule has 1 N–H and O–H groups in total. The fourth-order valence-corrected chi connectivity index (χ4v) is 3.17. The summed E-state index contributed by atoms with van der Waals surface area (Å²) in [6.45, 7) is 0.886. The molecule has 0 amide bonds. The second-order valence-corrected chi connectivity index (χ2v) is 5.96. The van der Waals surface area contributed by atoms with Crippen molar-refractivity contribution >= 4 is 15.8 Å². The van der Waals surface area contributed by atoms with Gasteiger partial charge in [0, 0.05) is 6.04 Å². The van der Waals surface area contributed by atoms with Crippen molar-refractivity contribution < 1.29 is 17.9 Å². The van der Waals surface area contributed by atoms with E-state index in [0.717, 1.165) is 19.4 Å². The van der Waals surface area contributed by atoms with Crippen LogP contribution in [0.2, 0.25) is 0 Å². The summed E-state index contributed by atoms with van der Waals surface area (Å²) in [5.41, 5.74) is 0. The van der Waals surface area contributed by atoms with Crippen LogP contribution in [0.4, 0.5) is 0 Å². The quantitative estimate of drug-likeness (QED) is 0.663. The van der Waals surface area contributed by atoms with E-state index < -0.39 is 15.8 Å². The van der Waals surface area contributed by atoms with E-state index >= 15 is 0 Å². The molecule has 0 radical (unpaired) electrons. The summed E-state index contributed by atoms with van der Waals surface area (Å²) >= 11 is 0. The molecule has 0 aromatic heterocycles. The van der Waals surface area contributed by atoms with Crippen LogP contribution in [0, 0.1) is 0 Å². The normalized spacial score (nSPS) is 21.5. The Morgan fingerprint density at radius 2 is 2.27 bits per heavy atom. The van der Waals surface area contributed by atoms with Crippen LogP contribution in [0.3, 0.4) is 0 Å². The maximum Gasteiger partial charge on any atom is 0.306 e. The molecule has 0 aliphatic carbocycles. The van der Waals surface area contributed by atoms with Crippen molar-refractivity contribution in [2.24, 2.45) is 0 Å². The lowest BCUT2D eigenvalue weighted by atomic mass is 10.3. The van der Waals surface area contributed by atoms with Crippen molar-refractivity contribution in [3.63, 3.8) is 0 Å².